The Morgan fingerprint density at radius 1 is 1.14 bits per heavy atom. The Morgan fingerprint density at radius 2 is 2.00 bits per heavy atom. The van der Waals surface area contributed by atoms with E-state index in [9.17, 15) is 4.21 Å². The van der Waals surface area contributed by atoms with Crippen molar-refractivity contribution in [3.05, 3.63) is 53.2 Å². The summed E-state index contributed by atoms with van der Waals surface area (Å²) in [5.41, 5.74) is 2.68. The van der Waals surface area contributed by atoms with E-state index in [0.717, 1.165) is 16.4 Å². The second-order valence-corrected chi connectivity index (χ2v) is 9.33. The molecule has 1 atom stereocenters. The minimum atomic E-state index is -1.56. The molecular weight excluding hydrogens is 410 g/mol. The van der Waals surface area contributed by atoms with Gasteiger partial charge >= 0.3 is 0 Å². The van der Waals surface area contributed by atoms with Gasteiger partial charge in [-0.1, -0.05) is 6.07 Å². The number of benzene rings is 2. The molecular formula is C20H19N3O2S3. The van der Waals surface area contributed by atoms with Crippen molar-refractivity contribution in [2.24, 2.45) is 5.14 Å². The van der Waals surface area contributed by atoms with Crippen LogP contribution in [0, 0.1) is 0 Å². The summed E-state index contributed by atoms with van der Waals surface area (Å²) in [6, 6.07) is 13.7. The van der Waals surface area contributed by atoms with Crippen LogP contribution in [0.3, 0.4) is 0 Å². The Morgan fingerprint density at radius 3 is 2.79 bits per heavy atom. The zero-order valence-corrected chi connectivity index (χ0v) is 17.8. The number of thiophene rings is 1. The smallest absolute Gasteiger partial charge is 0.187 e. The number of nitrogens with two attached hydrogens (primary N) is 1. The van der Waals surface area contributed by atoms with Crippen LogP contribution >= 0.6 is 22.7 Å². The molecule has 144 valence electrons. The lowest BCUT2D eigenvalue weighted by Gasteiger charge is -2.15. The van der Waals surface area contributed by atoms with Gasteiger partial charge in [0, 0.05) is 15.6 Å². The van der Waals surface area contributed by atoms with E-state index in [1.165, 1.54) is 21.4 Å². The summed E-state index contributed by atoms with van der Waals surface area (Å²) in [6.45, 7) is 3.92. The van der Waals surface area contributed by atoms with E-state index >= 15 is 0 Å². The van der Waals surface area contributed by atoms with Gasteiger partial charge in [-0.2, -0.15) is 0 Å². The van der Waals surface area contributed by atoms with Gasteiger partial charge in [0.25, 0.3) is 0 Å². The maximum absolute atomic E-state index is 11.7. The molecule has 0 amide bonds. The highest BCUT2D eigenvalue weighted by molar-refractivity contribution is 7.82. The summed E-state index contributed by atoms with van der Waals surface area (Å²) in [5.74, 6) is 0.667. The lowest BCUT2D eigenvalue weighted by atomic mass is 10.1. The maximum Gasteiger partial charge on any atom is 0.187 e. The van der Waals surface area contributed by atoms with Crippen LogP contribution in [-0.2, 0) is 11.0 Å². The van der Waals surface area contributed by atoms with Crippen LogP contribution in [0.25, 0.3) is 21.3 Å². The predicted octanol–water partition coefficient (Wildman–Crippen LogP) is 5.54. The molecule has 1 unspecified atom stereocenters. The fourth-order valence-electron chi connectivity index (χ4n) is 2.79. The second kappa shape index (κ2) is 8.00. The van der Waals surface area contributed by atoms with E-state index in [1.54, 1.807) is 29.5 Å². The summed E-state index contributed by atoms with van der Waals surface area (Å²) in [7, 11) is -1.56. The average molecular weight is 430 g/mol. The molecule has 3 N–H and O–H groups in total. The first-order valence-electron chi connectivity index (χ1n) is 8.66. The third-order valence-electron chi connectivity index (χ3n) is 4.04. The van der Waals surface area contributed by atoms with E-state index in [4.69, 9.17) is 14.9 Å². The van der Waals surface area contributed by atoms with Crippen LogP contribution in [0.2, 0.25) is 0 Å². The number of nitrogens with one attached hydrogen (secondary N) is 1. The molecule has 2 aromatic carbocycles. The number of anilines is 2. The minimum Gasteiger partial charge on any atom is -0.489 e. The number of aromatic nitrogens is 1. The first-order chi connectivity index (χ1) is 13.5. The highest BCUT2D eigenvalue weighted by Crippen LogP contribution is 2.34. The summed E-state index contributed by atoms with van der Waals surface area (Å²) in [6.07, 6.45) is 0.0129. The van der Waals surface area contributed by atoms with Gasteiger partial charge in [0.15, 0.2) is 5.13 Å². The van der Waals surface area contributed by atoms with Gasteiger partial charge in [-0.25, -0.2) is 14.3 Å². The second-order valence-electron chi connectivity index (χ2n) is 6.46. The number of thiazole rings is 1. The predicted molar refractivity (Wildman–Crippen MR) is 119 cm³/mol. The molecule has 0 saturated carbocycles. The monoisotopic (exact) mass is 429 g/mol. The van der Waals surface area contributed by atoms with E-state index in [2.05, 4.69) is 35.0 Å². The quantitative estimate of drug-likeness (QED) is 0.422. The molecule has 8 heteroatoms. The fourth-order valence-corrected chi connectivity index (χ4v) is 4.73. The SMILES string of the molecule is CC(C)Oc1ccc(S(N)=O)cc1Nc1nc(-c2ccc3sccc3c2)cs1. The van der Waals surface area contributed by atoms with Gasteiger partial charge in [-0.15, -0.1) is 22.7 Å². The standard InChI is InChI=1S/C20H19N3O2S3/c1-12(2)25-18-5-4-15(28(21)24)10-16(18)22-20-23-17(11-27-20)13-3-6-19-14(9-13)7-8-26-19/h3-12H,21H2,1-2H3,(H,22,23). The molecule has 0 aliphatic carbocycles. The van der Waals surface area contributed by atoms with Crippen molar-refractivity contribution in [1.82, 2.24) is 4.98 Å². The zero-order chi connectivity index (χ0) is 19.7. The number of fused-ring (bicyclic) bond motifs is 1. The molecule has 0 radical (unpaired) electrons. The summed E-state index contributed by atoms with van der Waals surface area (Å²) in [4.78, 5) is 5.24. The van der Waals surface area contributed by atoms with Gasteiger partial charge in [0.2, 0.25) is 0 Å². The van der Waals surface area contributed by atoms with Crippen LogP contribution in [0.1, 0.15) is 13.8 Å². The first kappa shape index (κ1) is 19.1. The van der Waals surface area contributed by atoms with Crippen molar-refractivity contribution >= 4 is 54.6 Å². The molecule has 0 aliphatic heterocycles. The van der Waals surface area contributed by atoms with Crippen LogP contribution in [-0.4, -0.2) is 15.3 Å². The van der Waals surface area contributed by atoms with E-state index in [1.807, 2.05) is 19.2 Å². The van der Waals surface area contributed by atoms with E-state index in [-0.39, 0.29) is 6.10 Å². The summed E-state index contributed by atoms with van der Waals surface area (Å²) in [5, 5.41) is 14.9. The van der Waals surface area contributed by atoms with Crippen molar-refractivity contribution in [3.8, 4) is 17.0 Å². The molecule has 0 fully saturated rings. The van der Waals surface area contributed by atoms with Crippen LogP contribution in [0.5, 0.6) is 5.75 Å². The van der Waals surface area contributed by atoms with Crippen molar-refractivity contribution in [1.29, 1.82) is 0 Å². The van der Waals surface area contributed by atoms with Crippen LogP contribution in [0.4, 0.5) is 10.8 Å². The van der Waals surface area contributed by atoms with Gasteiger partial charge in [0.05, 0.1) is 22.4 Å². The number of rotatable bonds is 6. The Balaban J connectivity index is 1.64. The molecule has 28 heavy (non-hydrogen) atoms. The highest BCUT2D eigenvalue weighted by atomic mass is 32.2. The molecule has 4 aromatic rings. The zero-order valence-electron chi connectivity index (χ0n) is 15.3. The average Bonchev–Trinajstić information content (AvgIpc) is 3.31. The van der Waals surface area contributed by atoms with Crippen molar-refractivity contribution in [2.75, 3.05) is 5.32 Å². The largest absolute Gasteiger partial charge is 0.489 e. The Labute approximate surface area is 173 Å². The highest BCUT2D eigenvalue weighted by Gasteiger charge is 2.12. The third-order valence-corrected chi connectivity index (χ3v) is 6.41. The summed E-state index contributed by atoms with van der Waals surface area (Å²) >= 11 is 3.24. The van der Waals surface area contributed by atoms with E-state index in [0.29, 0.717) is 16.3 Å². The van der Waals surface area contributed by atoms with Crippen molar-refractivity contribution in [3.63, 3.8) is 0 Å². The van der Waals surface area contributed by atoms with Crippen molar-refractivity contribution < 1.29 is 8.95 Å². The van der Waals surface area contributed by atoms with Gasteiger partial charge in [0.1, 0.15) is 16.7 Å². The van der Waals surface area contributed by atoms with Crippen LogP contribution in [0.15, 0.2) is 58.1 Å². The molecule has 0 spiro atoms. The normalized spacial score (nSPS) is 12.4. The first-order valence-corrected chi connectivity index (χ1v) is 11.6. The summed E-state index contributed by atoms with van der Waals surface area (Å²) < 4.78 is 18.8. The molecule has 0 bridgehead atoms. The Kier molecular flexibility index (Phi) is 5.45. The number of nitrogens with zero attached hydrogens (tertiary/aromatic N) is 1. The molecule has 0 saturated heterocycles. The fraction of sp³-hybridized carbons (Fsp3) is 0.150. The topological polar surface area (TPSA) is 77.2 Å². The van der Waals surface area contributed by atoms with Gasteiger partial charge in [-0.3, -0.25) is 0 Å². The molecule has 4 rings (SSSR count). The lowest BCUT2D eigenvalue weighted by molar-refractivity contribution is 0.243. The Bertz CT molecular complexity index is 1150. The third kappa shape index (κ3) is 4.10. The van der Waals surface area contributed by atoms with Gasteiger partial charge < -0.3 is 10.1 Å². The lowest BCUT2D eigenvalue weighted by Crippen LogP contribution is -2.09. The molecule has 2 heterocycles. The Hall–Kier alpha value is -2.26. The number of ether oxygens (including phenoxy) is 1. The maximum atomic E-state index is 11.7. The van der Waals surface area contributed by atoms with Crippen molar-refractivity contribution in [2.45, 2.75) is 24.8 Å². The molecule has 5 nitrogen and oxygen atoms in total. The molecule has 0 aliphatic rings. The van der Waals surface area contributed by atoms with E-state index < -0.39 is 11.0 Å². The van der Waals surface area contributed by atoms with Crippen LogP contribution < -0.4 is 15.2 Å². The van der Waals surface area contributed by atoms with Gasteiger partial charge in [-0.05, 0) is 61.0 Å². The molecule has 2 aromatic heterocycles. The minimum absolute atomic E-state index is 0.0129. The number of hydrogen-bond donors (Lipinski definition) is 2. The number of hydrogen-bond acceptors (Lipinski definition) is 6.